The average Bonchev–Trinajstić information content (AvgIpc) is 3.04. The summed E-state index contributed by atoms with van der Waals surface area (Å²) in [5.41, 5.74) is 3.01. The van der Waals surface area contributed by atoms with Gasteiger partial charge < -0.3 is 5.32 Å². The highest BCUT2D eigenvalue weighted by Crippen LogP contribution is 2.32. The van der Waals surface area contributed by atoms with Gasteiger partial charge in [-0.3, -0.25) is 0 Å². The molecule has 0 saturated carbocycles. The number of benzene rings is 2. The molecule has 0 amide bonds. The van der Waals surface area contributed by atoms with Crippen molar-refractivity contribution in [3.8, 4) is 0 Å². The van der Waals surface area contributed by atoms with E-state index in [4.69, 9.17) is 0 Å². The lowest BCUT2D eigenvalue weighted by Gasteiger charge is -2.24. The number of halogens is 2. The van der Waals surface area contributed by atoms with Gasteiger partial charge >= 0.3 is 0 Å². The third kappa shape index (κ3) is 2.74. The van der Waals surface area contributed by atoms with Gasteiger partial charge in [-0.25, -0.2) is 9.07 Å². The van der Waals surface area contributed by atoms with Crippen LogP contribution in [0.5, 0.6) is 0 Å². The number of aromatic nitrogens is 3. The second kappa shape index (κ2) is 5.77. The summed E-state index contributed by atoms with van der Waals surface area (Å²) in [4.78, 5) is 4.27. The van der Waals surface area contributed by atoms with E-state index in [0.29, 0.717) is 5.95 Å². The summed E-state index contributed by atoms with van der Waals surface area (Å²) < 4.78 is 16.2. The average molecular weight is 418 g/mol. The van der Waals surface area contributed by atoms with E-state index in [1.807, 2.05) is 0 Å². The normalized spacial score (nSPS) is 16.4. The third-order valence-electron chi connectivity index (χ3n) is 3.77. The predicted molar refractivity (Wildman–Crippen MR) is 95.3 cm³/mol. The van der Waals surface area contributed by atoms with Crippen LogP contribution in [0.25, 0.3) is 5.70 Å². The number of fused-ring (bicyclic) bond motifs is 1. The SMILES string of the molecule is Fc1ccc([C@@H]2C=C(c3ccc(I)cc3)Nc3ncnn32)cc1. The molecule has 3 aromatic rings. The molecule has 1 aliphatic heterocycles. The molecule has 0 aliphatic carbocycles. The maximum atomic E-state index is 13.2. The van der Waals surface area contributed by atoms with E-state index in [2.05, 4.69) is 68.3 Å². The van der Waals surface area contributed by atoms with E-state index in [-0.39, 0.29) is 11.9 Å². The highest BCUT2D eigenvalue weighted by Gasteiger charge is 2.23. The second-order valence-corrected chi connectivity index (χ2v) is 6.48. The van der Waals surface area contributed by atoms with E-state index in [1.165, 1.54) is 22.0 Å². The minimum atomic E-state index is -0.247. The Morgan fingerprint density at radius 1 is 1.04 bits per heavy atom. The fourth-order valence-corrected chi connectivity index (χ4v) is 2.99. The van der Waals surface area contributed by atoms with E-state index < -0.39 is 0 Å². The van der Waals surface area contributed by atoms with Gasteiger partial charge in [-0.05, 0) is 64.1 Å². The van der Waals surface area contributed by atoms with Gasteiger partial charge in [0.05, 0.1) is 0 Å². The van der Waals surface area contributed by atoms with E-state index in [1.54, 1.807) is 16.8 Å². The number of rotatable bonds is 2. The van der Waals surface area contributed by atoms with Crippen LogP contribution < -0.4 is 5.32 Å². The van der Waals surface area contributed by atoms with Crippen LogP contribution in [0.4, 0.5) is 10.3 Å². The Bertz CT molecular complexity index is 868. The van der Waals surface area contributed by atoms with Gasteiger partial charge in [0.15, 0.2) is 0 Å². The molecule has 2 aromatic carbocycles. The fourth-order valence-electron chi connectivity index (χ4n) is 2.63. The summed E-state index contributed by atoms with van der Waals surface area (Å²) in [7, 11) is 0. The predicted octanol–water partition coefficient (Wildman–Crippen LogP) is 4.08. The lowest BCUT2D eigenvalue weighted by atomic mass is 10.0. The molecule has 4 rings (SSSR count). The first-order valence-electron chi connectivity index (χ1n) is 7.10. The van der Waals surface area contributed by atoms with Gasteiger partial charge in [0.2, 0.25) is 5.95 Å². The van der Waals surface area contributed by atoms with E-state index in [9.17, 15) is 4.39 Å². The van der Waals surface area contributed by atoms with Gasteiger partial charge in [-0.15, -0.1) is 0 Å². The summed E-state index contributed by atoms with van der Waals surface area (Å²) in [6.45, 7) is 0. The molecule has 0 unspecified atom stereocenters. The molecule has 2 heterocycles. The zero-order valence-electron chi connectivity index (χ0n) is 11.9. The van der Waals surface area contributed by atoms with Crippen LogP contribution in [0.2, 0.25) is 0 Å². The minimum Gasteiger partial charge on any atom is -0.324 e. The van der Waals surface area contributed by atoms with Crippen LogP contribution in [-0.4, -0.2) is 14.8 Å². The van der Waals surface area contributed by atoms with Gasteiger partial charge in [0.1, 0.15) is 18.2 Å². The standard InChI is InChI=1S/C17H12FIN4/c18-13-5-1-12(2-6-13)16-9-15(11-3-7-14(19)8-4-11)22-17-20-10-21-23(16)17/h1-10,16H,(H,20,21,22)/t16-/m0/s1. The molecule has 0 spiro atoms. The zero-order valence-corrected chi connectivity index (χ0v) is 14.1. The van der Waals surface area contributed by atoms with Crippen molar-refractivity contribution in [3.63, 3.8) is 0 Å². The van der Waals surface area contributed by atoms with Crippen molar-refractivity contribution in [1.29, 1.82) is 0 Å². The molecule has 114 valence electrons. The largest absolute Gasteiger partial charge is 0.324 e. The number of anilines is 1. The maximum absolute atomic E-state index is 13.2. The molecule has 0 radical (unpaired) electrons. The Kier molecular flexibility index (Phi) is 3.60. The zero-order chi connectivity index (χ0) is 15.8. The number of nitrogens with zero attached hydrogens (tertiary/aromatic N) is 3. The Morgan fingerprint density at radius 2 is 1.78 bits per heavy atom. The Hall–Kier alpha value is -2.22. The lowest BCUT2D eigenvalue weighted by Crippen LogP contribution is -2.20. The molecular formula is C17H12FIN4. The van der Waals surface area contributed by atoms with Crippen molar-refractivity contribution >= 4 is 34.2 Å². The summed E-state index contributed by atoms with van der Waals surface area (Å²) in [6, 6.07) is 14.6. The highest BCUT2D eigenvalue weighted by molar-refractivity contribution is 14.1. The van der Waals surface area contributed by atoms with Crippen molar-refractivity contribution in [1.82, 2.24) is 14.8 Å². The Labute approximate surface area is 146 Å². The minimum absolute atomic E-state index is 0.122. The van der Waals surface area contributed by atoms with Crippen LogP contribution >= 0.6 is 22.6 Å². The van der Waals surface area contributed by atoms with Crippen LogP contribution in [0.3, 0.4) is 0 Å². The Balaban J connectivity index is 1.79. The summed E-state index contributed by atoms with van der Waals surface area (Å²) in [5, 5.41) is 7.58. The van der Waals surface area contributed by atoms with Crippen molar-refractivity contribution in [2.75, 3.05) is 5.32 Å². The van der Waals surface area contributed by atoms with E-state index >= 15 is 0 Å². The first-order chi connectivity index (χ1) is 11.2. The quantitative estimate of drug-likeness (QED) is 0.638. The molecular weight excluding hydrogens is 406 g/mol. The summed E-state index contributed by atoms with van der Waals surface area (Å²) in [6.07, 6.45) is 3.60. The molecule has 23 heavy (non-hydrogen) atoms. The molecule has 1 aliphatic rings. The number of hydrogen-bond acceptors (Lipinski definition) is 3. The first-order valence-corrected chi connectivity index (χ1v) is 8.18. The van der Waals surface area contributed by atoms with Crippen LogP contribution in [0.1, 0.15) is 17.2 Å². The molecule has 1 N–H and O–H groups in total. The number of allylic oxidation sites excluding steroid dienone is 1. The van der Waals surface area contributed by atoms with Crippen molar-refractivity contribution in [2.24, 2.45) is 0 Å². The van der Waals surface area contributed by atoms with Crippen molar-refractivity contribution in [2.45, 2.75) is 6.04 Å². The van der Waals surface area contributed by atoms with Crippen molar-refractivity contribution < 1.29 is 4.39 Å². The van der Waals surface area contributed by atoms with Crippen molar-refractivity contribution in [3.05, 3.63) is 81.4 Å². The number of hydrogen-bond donors (Lipinski definition) is 1. The Morgan fingerprint density at radius 3 is 2.52 bits per heavy atom. The monoisotopic (exact) mass is 418 g/mol. The molecule has 6 heteroatoms. The van der Waals surface area contributed by atoms with Crippen LogP contribution in [0, 0.1) is 9.39 Å². The molecule has 0 saturated heterocycles. The van der Waals surface area contributed by atoms with Gasteiger partial charge in [0, 0.05) is 9.27 Å². The lowest BCUT2D eigenvalue weighted by molar-refractivity contribution is 0.603. The maximum Gasteiger partial charge on any atom is 0.226 e. The number of nitrogens with one attached hydrogen (secondary N) is 1. The second-order valence-electron chi connectivity index (χ2n) is 5.24. The summed E-state index contributed by atoms with van der Waals surface area (Å²) >= 11 is 2.28. The topological polar surface area (TPSA) is 42.7 Å². The van der Waals surface area contributed by atoms with Gasteiger partial charge in [-0.1, -0.05) is 24.3 Å². The van der Waals surface area contributed by atoms with Crippen LogP contribution in [-0.2, 0) is 0 Å². The third-order valence-corrected chi connectivity index (χ3v) is 4.49. The van der Waals surface area contributed by atoms with Crippen LogP contribution in [0.15, 0.2) is 60.9 Å². The van der Waals surface area contributed by atoms with E-state index in [0.717, 1.165) is 16.8 Å². The van der Waals surface area contributed by atoms with Gasteiger partial charge in [0.25, 0.3) is 0 Å². The molecule has 0 bridgehead atoms. The van der Waals surface area contributed by atoms with Gasteiger partial charge in [-0.2, -0.15) is 10.1 Å². The molecule has 1 aromatic heterocycles. The first kappa shape index (κ1) is 14.4. The highest BCUT2D eigenvalue weighted by atomic mass is 127. The molecule has 0 fully saturated rings. The molecule has 1 atom stereocenters. The smallest absolute Gasteiger partial charge is 0.226 e. The molecule has 4 nitrogen and oxygen atoms in total. The fraction of sp³-hybridized carbons (Fsp3) is 0.0588. The summed E-state index contributed by atoms with van der Waals surface area (Å²) in [5.74, 6) is 0.429.